The summed E-state index contributed by atoms with van der Waals surface area (Å²) in [7, 11) is 0. The molecule has 0 fully saturated rings. The number of hydrogen-bond acceptors (Lipinski definition) is 3. The highest BCUT2D eigenvalue weighted by Crippen LogP contribution is 2.24. The summed E-state index contributed by atoms with van der Waals surface area (Å²) in [5.41, 5.74) is 3.30. The van der Waals surface area contributed by atoms with Crippen LogP contribution in [0.15, 0.2) is 59.4 Å². The Bertz CT molecular complexity index is 1010. The summed E-state index contributed by atoms with van der Waals surface area (Å²) in [5, 5.41) is 3.99. The molecule has 3 heterocycles. The van der Waals surface area contributed by atoms with E-state index < -0.39 is 0 Å². The normalized spacial score (nSPS) is 11.2. The van der Waals surface area contributed by atoms with E-state index in [2.05, 4.69) is 10.3 Å². The van der Waals surface area contributed by atoms with Gasteiger partial charge in [0.15, 0.2) is 0 Å². The Morgan fingerprint density at radius 1 is 1.26 bits per heavy atom. The topological polar surface area (TPSA) is 59.5 Å². The van der Waals surface area contributed by atoms with Crippen LogP contribution in [0.1, 0.15) is 21.7 Å². The Balaban J connectivity index is 1.55. The predicted molar refractivity (Wildman–Crippen MR) is 87.3 cm³/mol. The van der Waals surface area contributed by atoms with E-state index in [1.54, 1.807) is 18.5 Å². The second-order valence-electron chi connectivity index (χ2n) is 5.44. The molecule has 0 radical (unpaired) electrons. The minimum absolute atomic E-state index is 0.138. The quantitative estimate of drug-likeness (QED) is 0.631. The number of carbonyl (C=O) groups is 1. The number of para-hydroxylation sites is 1. The van der Waals surface area contributed by atoms with E-state index in [0.717, 1.165) is 27.9 Å². The van der Waals surface area contributed by atoms with Crippen LogP contribution in [0, 0.1) is 6.92 Å². The first-order chi connectivity index (χ1) is 11.2. The summed E-state index contributed by atoms with van der Waals surface area (Å²) in [6, 6.07) is 11.5. The van der Waals surface area contributed by atoms with Crippen LogP contribution >= 0.6 is 0 Å². The Hall–Kier alpha value is -3.08. The number of amides is 1. The minimum atomic E-state index is -0.138. The zero-order valence-electron chi connectivity index (χ0n) is 12.6. The van der Waals surface area contributed by atoms with Crippen LogP contribution in [0.3, 0.4) is 0 Å². The highest BCUT2D eigenvalue weighted by molar-refractivity contribution is 5.94. The number of fused-ring (bicyclic) bond motifs is 2. The summed E-state index contributed by atoms with van der Waals surface area (Å²) in [4.78, 5) is 16.5. The predicted octanol–water partition coefficient (Wildman–Crippen LogP) is 3.32. The summed E-state index contributed by atoms with van der Waals surface area (Å²) in [6.07, 6.45) is 5.29. The first-order valence-corrected chi connectivity index (χ1v) is 7.40. The van der Waals surface area contributed by atoms with Crippen LogP contribution in [-0.2, 0) is 6.54 Å². The zero-order valence-corrected chi connectivity index (χ0v) is 12.6. The van der Waals surface area contributed by atoms with Crippen molar-refractivity contribution in [1.29, 1.82) is 0 Å². The van der Waals surface area contributed by atoms with Gasteiger partial charge in [-0.25, -0.2) is 4.98 Å². The lowest BCUT2D eigenvalue weighted by Gasteiger charge is -2.05. The highest BCUT2D eigenvalue weighted by Gasteiger charge is 2.12. The average molecular weight is 305 g/mol. The molecule has 1 N–H and O–H groups in total. The third kappa shape index (κ3) is 2.36. The van der Waals surface area contributed by atoms with Gasteiger partial charge in [0.25, 0.3) is 5.91 Å². The van der Waals surface area contributed by atoms with Gasteiger partial charge in [-0.2, -0.15) is 0 Å². The lowest BCUT2D eigenvalue weighted by molar-refractivity contribution is 0.0947. The van der Waals surface area contributed by atoms with Crippen molar-refractivity contribution in [1.82, 2.24) is 14.7 Å². The van der Waals surface area contributed by atoms with Crippen LogP contribution in [0.2, 0.25) is 0 Å². The number of nitrogens with one attached hydrogen (secondary N) is 1. The second-order valence-corrected chi connectivity index (χ2v) is 5.44. The molecule has 0 saturated heterocycles. The Morgan fingerprint density at radius 3 is 3.00 bits per heavy atom. The monoisotopic (exact) mass is 305 g/mol. The number of aryl methyl sites for hydroxylation is 1. The van der Waals surface area contributed by atoms with E-state index in [1.165, 1.54) is 0 Å². The molecule has 0 aliphatic rings. The summed E-state index contributed by atoms with van der Waals surface area (Å²) < 4.78 is 7.63. The van der Waals surface area contributed by atoms with Gasteiger partial charge in [0.1, 0.15) is 17.0 Å². The molecule has 5 heteroatoms. The van der Waals surface area contributed by atoms with Gasteiger partial charge >= 0.3 is 0 Å². The lowest BCUT2D eigenvalue weighted by atomic mass is 10.1. The smallest absolute Gasteiger partial charge is 0.253 e. The van der Waals surface area contributed by atoms with Crippen LogP contribution in [0.25, 0.3) is 16.6 Å². The molecular formula is C18H15N3O2. The number of nitrogens with zero attached hydrogens (tertiary/aromatic N) is 2. The number of rotatable bonds is 3. The van der Waals surface area contributed by atoms with Gasteiger partial charge in [-0.15, -0.1) is 0 Å². The molecule has 0 aliphatic carbocycles. The number of carbonyl (C=O) groups excluding carboxylic acids is 1. The lowest BCUT2D eigenvalue weighted by Crippen LogP contribution is -2.23. The fourth-order valence-corrected chi connectivity index (χ4v) is 2.71. The summed E-state index contributed by atoms with van der Waals surface area (Å²) >= 11 is 0. The van der Waals surface area contributed by atoms with Gasteiger partial charge in [0.2, 0.25) is 0 Å². The molecule has 5 nitrogen and oxygen atoms in total. The van der Waals surface area contributed by atoms with Crippen molar-refractivity contribution in [3.63, 3.8) is 0 Å². The maximum absolute atomic E-state index is 12.3. The highest BCUT2D eigenvalue weighted by atomic mass is 16.3. The molecule has 1 aromatic carbocycles. The van der Waals surface area contributed by atoms with E-state index in [0.29, 0.717) is 12.1 Å². The Morgan fingerprint density at radius 2 is 2.13 bits per heavy atom. The molecule has 4 aromatic rings. The van der Waals surface area contributed by atoms with Crippen LogP contribution in [0.5, 0.6) is 0 Å². The Labute approximate surface area is 132 Å². The van der Waals surface area contributed by atoms with Crippen molar-refractivity contribution in [2.24, 2.45) is 0 Å². The minimum Gasteiger partial charge on any atom is -0.459 e. The molecule has 0 spiro atoms. The number of hydrogen-bond donors (Lipinski definition) is 1. The number of imidazole rings is 1. The van der Waals surface area contributed by atoms with Crippen molar-refractivity contribution < 1.29 is 9.21 Å². The van der Waals surface area contributed by atoms with Crippen LogP contribution < -0.4 is 5.32 Å². The molecule has 0 bridgehead atoms. The summed E-state index contributed by atoms with van der Waals surface area (Å²) in [6.45, 7) is 2.37. The molecular weight excluding hydrogens is 290 g/mol. The van der Waals surface area contributed by atoms with Crippen molar-refractivity contribution in [3.8, 4) is 0 Å². The van der Waals surface area contributed by atoms with Crippen LogP contribution in [0.4, 0.5) is 0 Å². The molecule has 23 heavy (non-hydrogen) atoms. The van der Waals surface area contributed by atoms with Gasteiger partial charge in [-0.3, -0.25) is 4.79 Å². The number of aromatic nitrogens is 2. The van der Waals surface area contributed by atoms with Crippen molar-refractivity contribution in [3.05, 3.63) is 71.9 Å². The Kier molecular flexibility index (Phi) is 3.12. The summed E-state index contributed by atoms with van der Waals surface area (Å²) in [5.74, 6) is 0.642. The van der Waals surface area contributed by atoms with E-state index in [-0.39, 0.29) is 5.91 Å². The van der Waals surface area contributed by atoms with E-state index in [4.69, 9.17) is 4.42 Å². The standard InChI is InChI=1S/C18H15N3O2/c1-12-14-4-2-3-5-15(14)23-16(12)10-20-18(22)13-6-7-17-19-8-9-21(17)11-13/h2-9,11H,10H2,1H3,(H,20,22). The third-order valence-electron chi connectivity index (χ3n) is 4.00. The average Bonchev–Trinajstić information content (AvgIpc) is 3.17. The van der Waals surface area contributed by atoms with Gasteiger partial charge in [0, 0.05) is 29.5 Å². The SMILES string of the molecule is Cc1c(CNC(=O)c2ccc3nccn3c2)oc2ccccc12. The molecule has 0 saturated carbocycles. The molecule has 0 aliphatic heterocycles. The van der Waals surface area contributed by atoms with E-state index in [1.807, 2.05) is 47.9 Å². The van der Waals surface area contributed by atoms with Gasteiger partial charge in [0.05, 0.1) is 12.1 Å². The third-order valence-corrected chi connectivity index (χ3v) is 4.00. The maximum atomic E-state index is 12.3. The van der Waals surface area contributed by atoms with E-state index in [9.17, 15) is 4.79 Å². The molecule has 1 amide bonds. The fourth-order valence-electron chi connectivity index (χ4n) is 2.71. The van der Waals surface area contributed by atoms with Crippen LogP contribution in [-0.4, -0.2) is 15.3 Å². The second kappa shape index (κ2) is 5.28. The zero-order chi connectivity index (χ0) is 15.8. The van der Waals surface area contributed by atoms with Gasteiger partial charge < -0.3 is 14.1 Å². The van der Waals surface area contributed by atoms with Crippen molar-refractivity contribution in [2.75, 3.05) is 0 Å². The first-order valence-electron chi connectivity index (χ1n) is 7.40. The van der Waals surface area contributed by atoms with Gasteiger partial charge in [-0.1, -0.05) is 18.2 Å². The van der Waals surface area contributed by atoms with Gasteiger partial charge in [-0.05, 0) is 25.1 Å². The molecule has 4 rings (SSSR count). The molecule has 0 unspecified atom stereocenters. The van der Waals surface area contributed by atoms with E-state index >= 15 is 0 Å². The molecule has 3 aromatic heterocycles. The fraction of sp³-hybridized carbons (Fsp3) is 0.111. The number of pyridine rings is 1. The largest absolute Gasteiger partial charge is 0.459 e. The maximum Gasteiger partial charge on any atom is 0.253 e. The van der Waals surface area contributed by atoms with Crippen molar-refractivity contribution in [2.45, 2.75) is 13.5 Å². The molecule has 0 atom stereocenters. The first kappa shape index (κ1) is 13.6. The van der Waals surface area contributed by atoms with Crippen molar-refractivity contribution >= 4 is 22.5 Å². The number of benzene rings is 1. The number of furan rings is 1. The molecule has 114 valence electrons.